The topological polar surface area (TPSA) is 73.1 Å². The van der Waals surface area contributed by atoms with Crippen LogP contribution in [0.1, 0.15) is 12.0 Å². The third-order valence-electron chi connectivity index (χ3n) is 4.48. The third kappa shape index (κ3) is 3.48. The summed E-state index contributed by atoms with van der Waals surface area (Å²) in [4.78, 5) is 14.9. The molecule has 0 saturated carbocycles. The van der Waals surface area contributed by atoms with E-state index in [4.69, 9.17) is 4.74 Å². The first kappa shape index (κ1) is 16.4. The molecule has 0 N–H and O–H groups in total. The van der Waals surface area contributed by atoms with Gasteiger partial charge in [-0.2, -0.15) is 0 Å². The molecule has 1 saturated heterocycles. The van der Waals surface area contributed by atoms with Gasteiger partial charge in [0.05, 0.1) is 24.8 Å². The van der Waals surface area contributed by atoms with Crippen LogP contribution in [0.2, 0.25) is 0 Å². The minimum Gasteiger partial charge on any atom is -0.379 e. The number of aromatic nitrogens is 4. The number of rotatable bonds is 5. The molecule has 0 spiro atoms. The molecule has 7 nitrogen and oxygen atoms in total. The molecule has 1 aliphatic heterocycles. The van der Waals surface area contributed by atoms with Crippen molar-refractivity contribution >= 4 is 11.6 Å². The molecule has 0 radical (unpaired) electrons. The van der Waals surface area contributed by atoms with Gasteiger partial charge in [0.15, 0.2) is 0 Å². The van der Waals surface area contributed by atoms with E-state index >= 15 is 0 Å². The zero-order chi connectivity index (χ0) is 17.8. The second-order valence-electron chi connectivity index (χ2n) is 6.21. The molecular formula is C19H19N5O2. The van der Waals surface area contributed by atoms with Crippen molar-refractivity contribution in [3.05, 3.63) is 66.5 Å². The quantitative estimate of drug-likeness (QED) is 0.705. The molecule has 0 aliphatic carbocycles. The highest BCUT2D eigenvalue weighted by Crippen LogP contribution is 2.23. The number of carbonyl (C=O) groups is 1. The van der Waals surface area contributed by atoms with Gasteiger partial charge in [-0.1, -0.05) is 30.3 Å². The van der Waals surface area contributed by atoms with E-state index in [1.165, 1.54) is 6.33 Å². The van der Waals surface area contributed by atoms with Gasteiger partial charge in [0.1, 0.15) is 6.33 Å². The van der Waals surface area contributed by atoms with Crippen LogP contribution in [-0.2, 0) is 16.0 Å². The Labute approximate surface area is 151 Å². The summed E-state index contributed by atoms with van der Waals surface area (Å²) in [5.74, 6) is 0.0712. The second-order valence-corrected chi connectivity index (χ2v) is 6.21. The van der Waals surface area contributed by atoms with Gasteiger partial charge in [0.2, 0.25) is 5.91 Å². The molecule has 0 unspecified atom stereocenters. The van der Waals surface area contributed by atoms with E-state index in [1.54, 1.807) is 4.68 Å². The average molecular weight is 349 g/mol. The molecule has 2 heterocycles. The molecule has 2 aromatic carbocycles. The molecule has 1 atom stereocenters. The van der Waals surface area contributed by atoms with E-state index in [-0.39, 0.29) is 11.9 Å². The van der Waals surface area contributed by atoms with Crippen molar-refractivity contribution < 1.29 is 9.53 Å². The van der Waals surface area contributed by atoms with Crippen LogP contribution in [0.5, 0.6) is 0 Å². The summed E-state index contributed by atoms with van der Waals surface area (Å²) in [6, 6.07) is 17.6. The number of amides is 1. The number of ether oxygens (including phenoxy) is 1. The van der Waals surface area contributed by atoms with Crippen molar-refractivity contribution in [1.82, 2.24) is 20.2 Å². The molecule has 0 bridgehead atoms. The van der Waals surface area contributed by atoms with Crippen LogP contribution < -0.4 is 4.90 Å². The zero-order valence-electron chi connectivity index (χ0n) is 14.2. The van der Waals surface area contributed by atoms with E-state index in [2.05, 4.69) is 15.5 Å². The zero-order valence-corrected chi connectivity index (χ0v) is 14.2. The van der Waals surface area contributed by atoms with E-state index in [1.807, 2.05) is 59.5 Å². The smallest absolute Gasteiger partial charge is 0.231 e. The lowest BCUT2D eigenvalue weighted by Gasteiger charge is -2.28. The van der Waals surface area contributed by atoms with Crippen LogP contribution in [0.15, 0.2) is 60.9 Å². The van der Waals surface area contributed by atoms with Crippen LogP contribution in [0.4, 0.5) is 5.69 Å². The largest absolute Gasteiger partial charge is 0.379 e. The average Bonchev–Trinajstić information content (AvgIpc) is 3.38. The predicted molar refractivity (Wildman–Crippen MR) is 96.0 cm³/mol. The first-order valence-electron chi connectivity index (χ1n) is 8.58. The third-order valence-corrected chi connectivity index (χ3v) is 4.48. The minimum absolute atomic E-state index is 0.0712. The van der Waals surface area contributed by atoms with Crippen LogP contribution >= 0.6 is 0 Å². The number of carbonyl (C=O) groups excluding carboxylic acids is 1. The van der Waals surface area contributed by atoms with Gasteiger partial charge < -0.3 is 9.64 Å². The van der Waals surface area contributed by atoms with Crippen molar-refractivity contribution in [2.45, 2.75) is 18.9 Å². The summed E-state index contributed by atoms with van der Waals surface area (Å²) in [6.45, 7) is 1.28. The Morgan fingerprint density at radius 2 is 1.96 bits per heavy atom. The molecule has 26 heavy (non-hydrogen) atoms. The van der Waals surface area contributed by atoms with E-state index in [0.29, 0.717) is 19.6 Å². The molecule has 132 valence electrons. The lowest BCUT2D eigenvalue weighted by atomic mass is 10.1. The Balaban J connectivity index is 1.52. The van der Waals surface area contributed by atoms with Gasteiger partial charge in [-0.05, 0) is 46.7 Å². The Morgan fingerprint density at radius 1 is 1.15 bits per heavy atom. The summed E-state index contributed by atoms with van der Waals surface area (Å²) in [7, 11) is 0. The first-order chi connectivity index (χ1) is 12.8. The molecule has 4 rings (SSSR count). The fraction of sp³-hybridized carbons (Fsp3) is 0.263. The standard InChI is InChI=1S/C19H19N5O2/c25-19(12-15-6-8-16(9-7-15)23-14-20-21-22-23)24(18-10-11-26-13-18)17-4-2-1-3-5-17/h1-9,14,18H,10-13H2/t18-/m0/s1. The van der Waals surface area contributed by atoms with E-state index in [0.717, 1.165) is 23.4 Å². The Hall–Kier alpha value is -3.06. The predicted octanol–water partition coefficient (Wildman–Crippen LogP) is 2.03. The number of nitrogens with zero attached hydrogens (tertiary/aromatic N) is 5. The number of anilines is 1. The van der Waals surface area contributed by atoms with Crippen molar-refractivity contribution in [3.8, 4) is 5.69 Å². The van der Waals surface area contributed by atoms with Gasteiger partial charge in [-0.3, -0.25) is 4.79 Å². The van der Waals surface area contributed by atoms with Crippen LogP contribution in [0.25, 0.3) is 5.69 Å². The number of para-hydroxylation sites is 1. The highest BCUT2D eigenvalue weighted by molar-refractivity contribution is 5.95. The normalized spacial score (nSPS) is 16.5. The minimum atomic E-state index is 0.0712. The van der Waals surface area contributed by atoms with Gasteiger partial charge >= 0.3 is 0 Å². The lowest BCUT2D eigenvalue weighted by molar-refractivity contribution is -0.118. The van der Waals surface area contributed by atoms with E-state index < -0.39 is 0 Å². The molecule has 1 amide bonds. The SMILES string of the molecule is O=C(Cc1ccc(-n2cnnn2)cc1)N(c1ccccc1)[C@H]1CCOC1. The maximum Gasteiger partial charge on any atom is 0.231 e. The van der Waals surface area contributed by atoms with Crippen LogP contribution in [0.3, 0.4) is 0 Å². The summed E-state index contributed by atoms with van der Waals surface area (Å²) in [5.41, 5.74) is 2.72. The number of hydrogen-bond donors (Lipinski definition) is 0. The number of benzene rings is 2. The fourth-order valence-corrected chi connectivity index (χ4v) is 3.18. The summed E-state index contributed by atoms with van der Waals surface area (Å²) >= 11 is 0. The molecule has 3 aromatic rings. The maximum absolute atomic E-state index is 13.0. The van der Waals surface area contributed by atoms with E-state index in [9.17, 15) is 4.79 Å². The summed E-state index contributed by atoms with van der Waals surface area (Å²) < 4.78 is 7.08. The first-order valence-corrected chi connectivity index (χ1v) is 8.58. The molecule has 7 heteroatoms. The Morgan fingerprint density at radius 3 is 2.62 bits per heavy atom. The van der Waals surface area contributed by atoms with Crippen molar-refractivity contribution in [2.24, 2.45) is 0 Å². The number of tetrazole rings is 1. The monoisotopic (exact) mass is 349 g/mol. The van der Waals surface area contributed by atoms with Gasteiger partial charge in [-0.25, -0.2) is 4.68 Å². The lowest BCUT2D eigenvalue weighted by Crippen LogP contribution is -2.41. The summed E-state index contributed by atoms with van der Waals surface area (Å²) in [6.07, 6.45) is 2.73. The number of hydrogen-bond acceptors (Lipinski definition) is 5. The van der Waals surface area contributed by atoms with Crippen LogP contribution in [-0.4, -0.2) is 45.4 Å². The summed E-state index contributed by atoms with van der Waals surface area (Å²) in [5, 5.41) is 11.1. The highest BCUT2D eigenvalue weighted by atomic mass is 16.5. The fourth-order valence-electron chi connectivity index (χ4n) is 3.18. The van der Waals surface area contributed by atoms with Gasteiger partial charge in [0.25, 0.3) is 0 Å². The van der Waals surface area contributed by atoms with Crippen LogP contribution in [0, 0.1) is 0 Å². The molecule has 1 aliphatic rings. The molecule has 1 fully saturated rings. The maximum atomic E-state index is 13.0. The highest BCUT2D eigenvalue weighted by Gasteiger charge is 2.28. The molecule has 1 aromatic heterocycles. The Kier molecular flexibility index (Phi) is 4.70. The van der Waals surface area contributed by atoms with Crippen molar-refractivity contribution in [3.63, 3.8) is 0 Å². The van der Waals surface area contributed by atoms with Crippen molar-refractivity contribution in [1.29, 1.82) is 0 Å². The Bertz CT molecular complexity index is 843. The molecular weight excluding hydrogens is 330 g/mol. The van der Waals surface area contributed by atoms with Crippen molar-refractivity contribution in [2.75, 3.05) is 18.1 Å². The van der Waals surface area contributed by atoms with Gasteiger partial charge in [-0.15, -0.1) is 5.10 Å². The van der Waals surface area contributed by atoms with Gasteiger partial charge in [0, 0.05) is 12.3 Å². The second kappa shape index (κ2) is 7.45.